The molecule has 8 heteroatoms. The SMILES string of the molecule is CCOc1ccccc1[C@@H](CC(=O)N1CCO[C@H](C(=O)O)C1)NC(C)=O. The first-order valence-corrected chi connectivity index (χ1v) is 8.53. The molecule has 1 heterocycles. The lowest BCUT2D eigenvalue weighted by Crippen LogP contribution is -2.49. The number of morpholine rings is 1. The number of nitrogens with zero attached hydrogens (tertiary/aromatic N) is 1. The molecule has 0 radical (unpaired) electrons. The van der Waals surface area contributed by atoms with Gasteiger partial charge in [0.25, 0.3) is 0 Å². The van der Waals surface area contributed by atoms with Crippen molar-refractivity contribution in [1.82, 2.24) is 10.2 Å². The number of carbonyl (C=O) groups is 3. The van der Waals surface area contributed by atoms with Crippen LogP contribution in [0.2, 0.25) is 0 Å². The van der Waals surface area contributed by atoms with Gasteiger partial charge in [0, 0.05) is 19.0 Å². The Morgan fingerprint density at radius 1 is 1.38 bits per heavy atom. The van der Waals surface area contributed by atoms with E-state index in [0.29, 0.717) is 24.5 Å². The Kier molecular flexibility index (Phi) is 6.97. The summed E-state index contributed by atoms with van der Waals surface area (Å²) in [7, 11) is 0. The number of nitrogens with one attached hydrogen (secondary N) is 1. The van der Waals surface area contributed by atoms with Crippen LogP contribution in [-0.4, -0.2) is 60.2 Å². The molecule has 0 saturated carbocycles. The maximum Gasteiger partial charge on any atom is 0.334 e. The smallest absolute Gasteiger partial charge is 0.334 e. The number of carboxylic acids is 1. The van der Waals surface area contributed by atoms with Crippen LogP contribution < -0.4 is 10.1 Å². The van der Waals surface area contributed by atoms with E-state index in [1.165, 1.54) is 11.8 Å². The average molecular weight is 364 g/mol. The Balaban J connectivity index is 2.16. The van der Waals surface area contributed by atoms with Crippen LogP contribution in [0.25, 0.3) is 0 Å². The van der Waals surface area contributed by atoms with Gasteiger partial charge in [-0.1, -0.05) is 18.2 Å². The van der Waals surface area contributed by atoms with Crippen molar-refractivity contribution in [3.63, 3.8) is 0 Å². The molecule has 0 unspecified atom stereocenters. The summed E-state index contributed by atoms with van der Waals surface area (Å²) in [4.78, 5) is 36.9. The normalized spacial score (nSPS) is 18.1. The molecule has 0 spiro atoms. The second kappa shape index (κ2) is 9.19. The number of carbonyl (C=O) groups excluding carboxylic acids is 2. The minimum absolute atomic E-state index is 0.00589. The summed E-state index contributed by atoms with van der Waals surface area (Å²) in [5, 5.41) is 11.9. The van der Waals surface area contributed by atoms with E-state index in [4.69, 9.17) is 14.6 Å². The van der Waals surface area contributed by atoms with Crippen molar-refractivity contribution in [3.8, 4) is 5.75 Å². The zero-order chi connectivity index (χ0) is 19.1. The first kappa shape index (κ1) is 19.7. The summed E-state index contributed by atoms with van der Waals surface area (Å²) in [6.07, 6.45) is -1.02. The molecule has 26 heavy (non-hydrogen) atoms. The van der Waals surface area contributed by atoms with Crippen molar-refractivity contribution in [2.24, 2.45) is 0 Å². The highest BCUT2D eigenvalue weighted by Crippen LogP contribution is 2.28. The van der Waals surface area contributed by atoms with Crippen LogP contribution in [0.4, 0.5) is 0 Å². The molecule has 1 saturated heterocycles. The largest absolute Gasteiger partial charge is 0.494 e. The topological polar surface area (TPSA) is 105 Å². The van der Waals surface area contributed by atoms with Crippen LogP contribution in [0.15, 0.2) is 24.3 Å². The standard InChI is InChI=1S/C18H24N2O6/c1-3-25-15-7-5-4-6-13(15)14(19-12(2)21)10-17(22)20-8-9-26-16(11-20)18(23)24/h4-7,14,16H,3,8-11H2,1-2H3,(H,19,21)(H,23,24)/t14-,16+/m1/s1. The predicted octanol–water partition coefficient (Wildman–Crippen LogP) is 0.965. The fourth-order valence-electron chi connectivity index (χ4n) is 2.87. The summed E-state index contributed by atoms with van der Waals surface area (Å²) in [5.74, 6) is -1.00. The van der Waals surface area contributed by atoms with E-state index in [0.717, 1.165) is 0 Å². The number of carboxylic acid groups (broad SMARTS) is 1. The van der Waals surface area contributed by atoms with Gasteiger partial charge >= 0.3 is 5.97 Å². The molecule has 1 fully saturated rings. The summed E-state index contributed by atoms with van der Waals surface area (Å²) in [6.45, 7) is 4.19. The third-order valence-corrected chi connectivity index (χ3v) is 4.05. The Bertz CT molecular complexity index is 663. The molecule has 0 aliphatic carbocycles. The van der Waals surface area contributed by atoms with E-state index in [1.54, 1.807) is 12.1 Å². The van der Waals surface area contributed by atoms with Crippen molar-refractivity contribution in [2.75, 3.05) is 26.3 Å². The highest BCUT2D eigenvalue weighted by molar-refractivity contribution is 5.81. The molecular weight excluding hydrogens is 340 g/mol. The lowest BCUT2D eigenvalue weighted by Gasteiger charge is -2.32. The number of hydrogen-bond donors (Lipinski definition) is 2. The lowest BCUT2D eigenvalue weighted by atomic mass is 10.0. The van der Waals surface area contributed by atoms with Gasteiger partial charge in [0.05, 0.1) is 32.2 Å². The maximum atomic E-state index is 12.7. The van der Waals surface area contributed by atoms with E-state index in [1.807, 2.05) is 19.1 Å². The molecule has 2 rings (SSSR count). The van der Waals surface area contributed by atoms with Crippen molar-refractivity contribution in [2.45, 2.75) is 32.4 Å². The minimum Gasteiger partial charge on any atom is -0.494 e. The Labute approximate surface area is 152 Å². The quantitative estimate of drug-likeness (QED) is 0.747. The van der Waals surface area contributed by atoms with E-state index in [-0.39, 0.29) is 31.4 Å². The molecule has 1 aromatic rings. The summed E-state index contributed by atoms with van der Waals surface area (Å²) >= 11 is 0. The predicted molar refractivity (Wildman–Crippen MR) is 92.7 cm³/mol. The Morgan fingerprint density at radius 3 is 2.77 bits per heavy atom. The molecule has 1 aromatic carbocycles. The second-order valence-corrected chi connectivity index (χ2v) is 5.97. The fraction of sp³-hybridized carbons (Fsp3) is 0.500. The summed E-state index contributed by atoms with van der Waals surface area (Å²) in [6, 6.07) is 6.66. The molecule has 142 valence electrons. The van der Waals surface area contributed by atoms with Gasteiger partial charge in [0.1, 0.15) is 5.75 Å². The third kappa shape index (κ3) is 5.19. The van der Waals surface area contributed by atoms with Crippen molar-refractivity contribution >= 4 is 17.8 Å². The van der Waals surface area contributed by atoms with Crippen molar-refractivity contribution in [3.05, 3.63) is 29.8 Å². The average Bonchev–Trinajstić information content (AvgIpc) is 2.61. The van der Waals surface area contributed by atoms with Gasteiger partial charge in [-0.25, -0.2) is 4.79 Å². The second-order valence-electron chi connectivity index (χ2n) is 5.97. The molecule has 1 aliphatic heterocycles. The van der Waals surface area contributed by atoms with E-state index in [9.17, 15) is 14.4 Å². The van der Waals surface area contributed by atoms with Gasteiger partial charge in [-0.2, -0.15) is 0 Å². The highest BCUT2D eigenvalue weighted by atomic mass is 16.5. The summed E-state index contributed by atoms with van der Waals surface area (Å²) in [5.41, 5.74) is 0.709. The molecular formula is C18H24N2O6. The van der Waals surface area contributed by atoms with Crippen molar-refractivity contribution < 1.29 is 29.0 Å². The van der Waals surface area contributed by atoms with E-state index < -0.39 is 18.1 Å². The van der Waals surface area contributed by atoms with Gasteiger partial charge in [-0.15, -0.1) is 0 Å². The first-order valence-electron chi connectivity index (χ1n) is 8.53. The number of aliphatic carboxylic acids is 1. The van der Waals surface area contributed by atoms with E-state index >= 15 is 0 Å². The molecule has 2 N–H and O–H groups in total. The zero-order valence-corrected chi connectivity index (χ0v) is 14.9. The molecule has 1 aliphatic rings. The molecule has 0 aromatic heterocycles. The molecule has 8 nitrogen and oxygen atoms in total. The lowest BCUT2D eigenvalue weighted by molar-refractivity contribution is -0.159. The number of para-hydroxylation sites is 1. The number of hydrogen-bond acceptors (Lipinski definition) is 5. The Morgan fingerprint density at radius 2 is 2.12 bits per heavy atom. The maximum absolute atomic E-state index is 12.7. The van der Waals surface area contributed by atoms with Crippen LogP contribution in [0.1, 0.15) is 31.9 Å². The monoisotopic (exact) mass is 364 g/mol. The van der Waals surface area contributed by atoms with Gasteiger partial charge in [0.15, 0.2) is 6.10 Å². The van der Waals surface area contributed by atoms with Gasteiger partial charge in [-0.05, 0) is 13.0 Å². The van der Waals surface area contributed by atoms with Crippen LogP contribution in [-0.2, 0) is 19.1 Å². The Hall–Kier alpha value is -2.61. The van der Waals surface area contributed by atoms with Gasteiger partial charge in [-0.3, -0.25) is 9.59 Å². The first-order chi connectivity index (χ1) is 12.4. The fourth-order valence-corrected chi connectivity index (χ4v) is 2.87. The number of ether oxygens (including phenoxy) is 2. The highest BCUT2D eigenvalue weighted by Gasteiger charge is 2.31. The van der Waals surface area contributed by atoms with Gasteiger partial charge < -0.3 is 24.8 Å². The van der Waals surface area contributed by atoms with E-state index in [2.05, 4.69) is 5.32 Å². The van der Waals surface area contributed by atoms with Crippen LogP contribution in [0, 0.1) is 0 Å². The molecule has 2 amide bonds. The number of benzene rings is 1. The molecule has 2 atom stereocenters. The summed E-state index contributed by atoms with van der Waals surface area (Å²) < 4.78 is 10.7. The van der Waals surface area contributed by atoms with Crippen LogP contribution in [0.5, 0.6) is 5.75 Å². The third-order valence-electron chi connectivity index (χ3n) is 4.05. The zero-order valence-electron chi connectivity index (χ0n) is 14.9. The van der Waals surface area contributed by atoms with Crippen LogP contribution >= 0.6 is 0 Å². The number of amides is 2. The van der Waals surface area contributed by atoms with Crippen LogP contribution in [0.3, 0.4) is 0 Å². The molecule has 0 bridgehead atoms. The minimum atomic E-state index is -1.09. The van der Waals surface area contributed by atoms with Crippen molar-refractivity contribution in [1.29, 1.82) is 0 Å². The van der Waals surface area contributed by atoms with Gasteiger partial charge in [0.2, 0.25) is 11.8 Å². The number of rotatable bonds is 7.